The average molecular weight is 258 g/mol. The number of carbonyl (C=O) groups is 1. The number of ether oxygens (including phenoxy) is 1. The fraction of sp³-hybridized carbons (Fsp3) is 0.143. The normalized spacial score (nSPS) is 10.8. The van der Waals surface area contributed by atoms with Crippen LogP contribution in [0.15, 0.2) is 42.7 Å². The molecule has 0 aliphatic carbocycles. The molecule has 1 N–H and O–H groups in total. The van der Waals surface area contributed by atoms with Gasteiger partial charge in [-0.3, -0.25) is 4.68 Å². The average Bonchev–Trinajstić information content (AvgIpc) is 2.81. The van der Waals surface area contributed by atoms with Crippen molar-refractivity contribution in [2.75, 3.05) is 0 Å². The van der Waals surface area contributed by atoms with E-state index < -0.39 is 5.97 Å². The number of rotatable bonds is 5. The minimum Gasteiger partial charge on any atom is -0.489 e. The Morgan fingerprint density at radius 2 is 2.16 bits per heavy atom. The predicted octanol–water partition coefficient (Wildman–Crippen LogP) is 2.10. The van der Waals surface area contributed by atoms with E-state index in [2.05, 4.69) is 5.10 Å². The number of aryl methyl sites for hydroxylation is 1. The molecule has 0 aliphatic rings. The van der Waals surface area contributed by atoms with Crippen molar-refractivity contribution in [2.45, 2.75) is 6.61 Å². The van der Waals surface area contributed by atoms with Gasteiger partial charge in [-0.1, -0.05) is 12.1 Å². The monoisotopic (exact) mass is 258 g/mol. The number of hydrogen-bond acceptors (Lipinski definition) is 3. The van der Waals surface area contributed by atoms with Gasteiger partial charge in [0.2, 0.25) is 0 Å². The van der Waals surface area contributed by atoms with Crippen molar-refractivity contribution >= 4 is 12.0 Å². The number of hydrogen-bond donors (Lipinski definition) is 1. The molecule has 0 spiro atoms. The first kappa shape index (κ1) is 12.9. The van der Waals surface area contributed by atoms with Crippen LogP contribution >= 0.6 is 0 Å². The Balaban J connectivity index is 1.93. The third-order valence-corrected chi connectivity index (χ3v) is 2.46. The summed E-state index contributed by atoms with van der Waals surface area (Å²) in [7, 11) is 1.85. The Kier molecular flexibility index (Phi) is 3.97. The summed E-state index contributed by atoms with van der Waals surface area (Å²) >= 11 is 0. The van der Waals surface area contributed by atoms with Crippen molar-refractivity contribution in [3.05, 3.63) is 53.9 Å². The topological polar surface area (TPSA) is 64.3 Å². The highest BCUT2D eigenvalue weighted by Gasteiger charge is 1.98. The lowest BCUT2D eigenvalue weighted by atomic mass is 10.2. The second-order valence-corrected chi connectivity index (χ2v) is 4.05. The maximum atomic E-state index is 10.4. The van der Waals surface area contributed by atoms with Crippen molar-refractivity contribution in [3.8, 4) is 5.75 Å². The second kappa shape index (κ2) is 5.86. The molecular weight excluding hydrogens is 244 g/mol. The Morgan fingerprint density at radius 3 is 2.74 bits per heavy atom. The van der Waals surface area contributed by atoms with E-state index in [0.29, 0.717) is 6.61 Å². The first-order chi connectivity index (χ1) is 9.13. The van der Waals surface area contributed by atoms with E-state index in [1.165, 1.54) is 6.08 Å². The molecule has 0 radical (unpaired) electrons. The summed E-state index contributed by atoms with van der Waals surface area (Å²) in [5, 5.41) is 12.6. The van der Waals surface area contributed by atoms with Crippen LogP contribution in [0.4, 0.5) is 0 Å². The molecule has 1 aromatic heterocycles. The molecule has 1 aromatic carbocycles. The molecule has 5 nitrogen and oxygen atoms in total. The van der Waals surface area contributed by atoms with E-state index in [1.54, 1.807) is 35.1 Å². The van der Waals surface area contributed by atoms with Crippen LogP contribution in [-0.2, 0) is 18.4 Å². The predicted molar refractivity (Wildman–Crippen MR) is 70.7 cm³/mol. The minimum absolute atomic E-state index is 0.456. The van der Waals surface area contributed by atoms with Crippen LogP contribution in [-0.4, -0.2) is 20.9 Å². The molecule has 19 heavy (non-hydrogen) atoms. The van der Waals surface area contributed by atoms with Crippen molar-refractivity contribution < 1.29 is 14.6 Å². The van der Waals surface area contributed by atoms with Gasteiger partial charge in [-0.15, -0.1) is 0 Å². The molecular formula is C14H14N2O3. The number of carboxylic acid groups (broad SMARTS) is 1. The highest BCUT2D eigenvalue weighted by molar-refractivity contribution is 5.85. The number of aliphatic carboxylic acids is 1. The minimum atomic E-state index is -0.961. The molecule has 0 atom stereocenters. The molecule has 0 unspecified atom stereocenters. The highest BCUT2D eigenvalue weighted by Crippen LogP contribution is 2.14. The highest BCUT2D eigenvalue weighted by atomic mass is 16.5. The molecule has 0 saturated carbocycles. The molecule has 98 valence electrons. The van der Waals surface area contributed by atoms with Gasteiger partial charge in [-0.2, -0.15) is 5.10 Å². The number of benzene rings is 1. The van der Waals surface area contributed by atoms with Crippen LogP contribution in [0.2, 0.25) is 0 Å². The molecule has 0 amide bonds. The van der Waals surface area contributed by atoms with Crippen LogP contribution in [0.25, 0.3) is 6.08 Å². The van der Waals surface area contributed by atoms with E-state index in [9.17, 15) is 4.79 Å². The van der Waals surface area contributed by atoms with Gasteiger partial charge in [0.05, 0.1) is 6.20 Å². The summed E-state index contributed by atoms with van der Waals surface area (Å²) < 4.78 is 7.31. The molecule has 0 saturated heterocycles. The van der Waals surface area contributed by atoms with Gasteiger partial charge in [0.1, 0.15) is 12.4 Å². The summed E-state index contributed by atoms with van der Waals surface area (Å²) in [5.41, 5.74) is 1.81. The fourth-order valence-corrected chi connectivity index (χ4v) is 1.56. The van der Waals surface area contributed by atoms with Crippen molar-refractivity contribution in [1.82, 2.24) is 9.78 Å². The van der Waals surface area contributed by atoms with Gasteiger partial charge in [0.15, 0.2) is 0 Å². The van der Waals surface area contributed by atoms with E-state index in [1.807, 2.05) is 13.2 Å². The SMILES string of the molecule is Cn1cc(COc2ccc(/C=C/C(=O)O)cc2)cn1. The van der Waals surface area contributed by atoms with Crippen LogP contribution in [0, 0.1) is 0 Å². The van der Waals surface area contributed by atoms with E-state index >= 15 is 0 Å². The molecule has 0 bridgehead atoms. The first-order valence-electron chi connectivity index (χ1n) is 5.75. The van der Waals surface area contributed by atoms with Gasteiger partial charge in [-0.05, 0) is 23.8 Å². The van der Waals surface area contributed by atoms with Crippen LogP contribution < -0.4 is 4.74 Å². The Morgan fingerprint density at radius 1 is 1.42 bits per heavy atom. The molecule has 0 fully saturated rings. The maximum absolute atomic E-state index is 10.4. The van der Waals surface area contributed by atoms with Crippen LogP contribution in [0.3, 0.4) is 0 Å². The zero-order valence-electron chi connectivity index (χ0n) is 10.5. The molecule has 1 heterocycles. The summed E-state index contributed by atoms with van der Waals surface area (Å²) in [4.78, 5) is 10.4. The Labute approximate surface area is 110 Å². The van der Waals surface area contributed by atoms with E-state index in [0.717, 1.165) is 23.0 Å². The summed E-state index contributed by atoms with van der Waals surface area (Å²) in [5.74, 6) is -0.228. The third-order valence-electron chi connectivity index (χ3n) is 2.46. The summed E-state index contributed by atoms with van der Waals surface area (Å²) in [6, 6.07) is 7.21. The molecule has 2 rings (SSSR count). The maximum Gasteiger partial charge on any atom is 0.328 e. The van der Waals surface area contributed by atoms with Gasteiger partial charge in [0.25, 0.3) is 0 Å². The summed E-state index contributed by atoms with van der Waals surface area (Å²) in [6.45, 7) is 0.456. The first-order valence-corrected chi connectivity index (χ1v) is 5.75. The fourth-order valence-electron chi connectivity index (χ4n) is 1.56. The van der Waals surface area contributed by atoms with Crippen LogP contribution in [0.1, 0.15) is 11.1 Å². The Hall–Kier alpha value is -2.56. The van der Waals surface area contributed by atoms with E-state index in [4.69, 9.17) is 9.84 Å². The van der Waals surface area contributed by atoms with Gasteiger partial charge in [0, 0.05) is 24.9 Å². The lowest BCUT2D eigenvalue weighted by Crippen LogP contribution is -1.94. The van der Waals surface area contributed by atoms with Crippen molar-refractivity contribution in [2.24, 2.45) is 7.05 Å². The third kappa shape index (κ3) is 3.99. The van der Waals surface area contributed by atoms with Gasteiger partial charge in [-0.25, -0.2) is 4.79 Å². The lowest BCUT2D eigenvalue weighted by molar-refractivity contribution is -0.131. The second-order valence-electron chi connectivity index (χ2n) is 4.05. The van der Waals surface area contributed by atoms with Crippen molar-refractivity contribution in [3.63, 3.8) is 0 Å². The molecule has 0 aliphatic heterocycles. The molecule has 2 aromatic rings. The lowest BCUT2D eigenvalue weighted by Gasteiger charge is -2.04. The number of nitrogens with zero attached hydrogens (tertiary/aromatic N) is 2. The van der Waals surface area contributed by atoms with Crippen molar-refractivity contribution in [1.29, 1.82) is 0 Å². The largest absolute Gasteiger partial charge is 0.489 e. The van der Waals surface area contributed by atoms with Gasteiger partial charge < -0.3 is 9.84 Å². The molecule has 5 heteroatoms. The van der Waals surface area contributed by atoms with Gasteiger partial charge >= 0.3 is 5.97 Å². The summed E-state index contributed by atoms with van der Waals surface area (Å²) in [6.07, 6.45) is 6.28. The number of carboxylic acids is 1. The van der Waals surface area contributed by atoms with E-state index in [-0.39, 0.29) is 0 Å². The Bertz CT molecular complexity index is 585. The zero-order chi connectivity index (χ0) is 13.7. The standard InChI is InChI=1S/C14H14N2O3/c1-16-9-12(8-15-16)10-19-13-5-2-11(3-6-13)4-7-14(17)18/h2-9H,10H2,1H3,(H,17,18)/b7-4+. The quantitative estimate of drug-likeness (QED) is 0.834. The zero-order valence-corrected chi connectivity index (χ0v) is 10.5. The van der Waals surface area contributed by atoms with Crippen LogP contribution in [0.5, 0.6) is 5.75 Å². The smallest absolute Gasteiger partial charge is 0.328 e. The number of aromatic nitrogens is 2.